The fraction of sp³-hybridized carbons (Fsp3) is 0. The van der Waals surface area contributed by atoms with E-state index in [2.05, 4.69) is 217 Å². The largest absolute Gasteiger partial charge is 0.456 e. The van der Waals surface area contributed by atoms with Crippen LogP contribution < -0.4 is 9.64 Å². The van der Waals surface area contributed by atoms with Crippen molar-refractivity contribution >= 4 is 102 Å². The highest BCUT2D eigenvalue weighted by atomic mass is 32.1. The molecule has 0 atom stereocenters. The molecule has 0 radical (unpaired) electrons. The number of nitrogens with zero attached hydrogens (tertiary/aromatic N) is 1. The molecule has 0 fully saturated rings. The number of hydrogen-bond donors (Lipinski definition) is 0. The van der Waals surface area contributed by atoms with Crippen molar-refractivity contribution in [2.24, 2.45) is 0 Å². The van der Waals surface area contributed by atoms with Crippen LogP contribution in [0.15, 0.2) is 224 Å². The van der Waals surface area contributed by atoms with Crippen LogP contribution in [0.4, 0.5) is 17.1 Å². The highest BCUT2D eigenvalue weighted by Gasteiger charge is 2.23. The topological polar surface area (TPSA) is 12.5 Å². The molecule has 294 valence electrons. The van der Waals surface area contributed by atoms with Gasteiger partial charge < -0.3 is 9.64 Å². The third-order valence-electron chi connectivity index (χ3n) is 12.9. The molecule has 0 saturated heterocycles. The van der Waals surface area contributed by atoms with E-state index in [0.717, 1.165) is 50.8 Å². The first kappa shape index (κ1) is 35.7. The maximum atomic E-state index is 6.60. The van der Waals surface area contributed by atoms with Gasteiger partial charge in [0, 0.05) is 48.4 Å². The third-order valence-corrected chi connectivity index (χ3v) is 14.0. The SMILES string of the molecule is c1ccc(N(c2ccc3c(c2)-c2ccccc2Oc2ccccc2-3)c2ccc3c4ccccc4c4ccccc4c4ccccc4c4cc5c(cc4c3c2)sc2ccccc25)cc1. The Morgan fingerprint density at radius 1 is 0.254 bits per heavy atom. The van der Waals surface area contributed by atoms with Crippen molar-refractivity contribution in [2.75, 3.05) is 4.90 Å². The lowest BCUT2D eigenvalue weighted by Crippen LogP contribution is -2.10. The summed E-state index contributed by atoms with van der Waals surface area (Å²) in [6, 6.07) is 82.1. The fourth-order valence-corrected chi connectivity index (χ4v) is 11.2. The quantitative estimate of drug-likeness (QED) is 0.176. The first-order chi connectivity index (χ1) is 31.2. The number of benzene rings is 10. The normalized spacial score (nSPS) is 11.9. The molecule has 0 amide bonds. The Morgan fingerprint density at radius 2 is 0.714 bits per heavy atom. The second-order valence-corrected chi connectivity index (χ2v) is 17.4. The Kier molecular flexibility index (Phi) is 8.12. The molecule has 2 nitrogen and oxygen atoms in total. The number of ether oxygens (including phenoxy) is 1. The van der Waals surface area contributed by atoms with Gasteiger partial charge >= 0.3 is 0 Å². The minimum Gasteiger partial charge on any atom is -0.456 e. The van der Waals surface area contributed by atoms with Crippen LogP contribution in [0.2, 0.25) is 0 Å². The monoisotopic (exact) mass is 819 g/mol. The third kappa shape index (κ3) is 5.71. The summed E-state index contributed by atoms with van der Waals surface area (Å²) >= 11 is 1.87. The molecule has 63 heavy (non-hydrogen) atoms. The number of hydrogen-bond acceptors (Lipinski definition) is 3. The lowest BCUT2D eigenvalue weighted by Gasteiger charge is -2.27. The predicted octanol–water partition coefficient (Wildman–Crippen LogP) is 17.9. The van der Waals surface area contributed by atoms with Crippen LogP contribution in [0.25, 0.3) is 96.3 Å². The summed E-state index contributed by atoms with van der Waals surface area (Å²) in [7, 11) is 0. The van der Waals surface area contributed by atoms with Gasteiger partial charge in [0.05, 0.1) is 0 Å². The molecule has 0 N–H and O–H groups in total. The minimum atomic E-state index is 0.852. The molecule has 0 aliphatic carbocycles. The van der Waals surface area contributed by atoms with Crippen LogP contribution in [0.3, 0.4) is 0 Å². The maximum Gasteiger partial charge on any atom is 0.135 e. The van der Waals surface area contributed by atoms with Gasteiger partial charge in [0.2, 0.25) is 0 Å². The number of anilines is 3. The number of thiophene rings is 1. The molecule has 12 aromatic rings. The molecule has 1 aromatic heterocycles. The summed E-state index contributed by atoms with van der Waals surface area (Å²) in [5.41, 5.74) is 7.65. The van der Waals surface area contributed by atoms with Crippen LogP contribution in [0.5, 0.6) is 11.5 Å². The van der Waals surface area contributed by atoms with Crippen molar-refractivity contribution in [1.82, 2.24) is 0 Å². The van der Waals surface area contributed by atoms with E-state index in [1.54, 1.807) is 0 Å². The summed E-state index contributed by atoms with van der Waals surface area (Å²) in [6.45, 7) is 0. The lowest BCUT2D eigenvalue weighted by atomic mass is 9.93. The molecule has 1 aliphatic heterocycles. The van der Waals surface area contributed by atoms with Crippen molar-refractivity contribution < 1.29 is 4.74 Å². The summed E-state index contributed by atoms with van der Waals surface area (Å²) in [4.78, 5) is 2.41. The summed E-state index contributed by atoms with van der Waals surface area (Å²) in [5.74, 6) is 1.71. The number of fused-ring (bicyclic) bond motifs is 18. The van der Waals surface area contributed by atoms with Crippen molar-refractivity contribution in [3.05, 3.63) is 224 Å². The zero-order chi connectivity index (χ0) is 41.4. The second kappa shape index (κ2) is 14.3. The standard InChI is InChI=1S/C60H37NOS/c1-2-16-38(17-3-1)61(39-31-33-48-49-24-10-13-27-57(49)62-58-28-14-11-25-50(58)52(48)34-39)40-30-32-47-45-22-7-6-20-43(45)41-18-4-5-19-42(41)44-21-8-9-23-46(44)54-36-56-51-26-12-15-29-59(51)63-60(56)37-55(54)53(47)35-40/h1-37H. The van der Waals surface area contributed by atoms with Gasteiger partial charge in [-0.1, -0.05) is 158 Å². The molecule has 11 aromatic carbocycles. The summed E-state index contributed by atoms with van der Waals surface area (Å²) in [5, 5.41) is 14.7. The zero-order valence-electron chi connectivity index (χ0n) is 34.1. The van der Waals surface area contributed by atoms with E-state index < -0.39 is 0 Å². The smallest absolute Gasteiger partial charge is 0.135 e. The van der Waals surface area contributed by atoms with Gasteiger partial charge in [0.15, 0.2) is 0 Å². The molecule has 13 rings (SSSR count). The highest BCUT2D eigenvalue weighted by molar-refractivity contribution is 7.25. The van der Waals surface area contributed by atoms with Crippen molar-refractivity contribution in [3.8, 4) is 33.8 Å². The van der Waals surface area contributed by atoms with E-state index in [-0.39, 0.29) is 0 Å². The molecular weight excluding hydrogens is 783 g/mol. The van der Waals surface area contributed by atoms with E-state index >= 15 is 0 Å². The molecule has 1 aliphatic rings. The highest BCUT2D eigenvalue weighted by Crippen LogP contribution is 2.50. The van der Waals surface area contributed by atoms with Gasteiger partial charge in [0.25, 0.3) is 0 Å². The van der Waals surface area contributed by atoms with Crippen LogP contribution in [0.1, 0.15) is 0 Å². The molecule has 2 heterocycles. The van der Waals surface area contributed by atoms with Crippen molar-refractivity contribution in [3.63, 3.8) is 0 Å². The minimum absolute atomic E-state index is 0.852. The first-order valence-corrected chi connectivity index (χ1v) is 22.3. The molecule has 0 saturated carbocycles. The molecule has 0 unspecified atom stereocenters. The maximum absolute atomic E-state index is 6.60. The Bertz CT molecular complexity index is 3900. The van der Waals surface area contributed by atoms with E-state index in [9.17, 15) is 0 Å². The van der Waals surface area contributed by atoms with Crippen LogP contribution in [-0.4, -0.2) is 0 Å². The molecule has 0 spiro atoms. The van der Waals surface area contributed by atoms with E-state index in [0.29, 0.717) is 0 Å². The Morgan fingerprint density at radius 3 is 1.37 bits per heavy atom. The summed E-state index contributed by atoms with van der Waals surface area (Å²) < 4.78 is 9.18. The van der Waals surface area contributed by atoms with Gasteiger partial charge in [0.1, 0.15) is 11.5 Å². The molecule has 3 heteroatoms. The molecular formula is C60H37NOS. The molecule has 0 bridgehead atoms. The van der Waals surface area contributed by atoms with E-state index in [1.165, 1.54) is 74.0 Å². The van der Waals surface area contributed by atoms with E-state index in [1.807, 2.05) is 23.5 Å². The number of para-hydroxylation sites is 3. The Labute approximate surface area is 368 Å². The summed E-state index contributed by atoms with van der Waals surface area (Å²) in [6.07, 6.45) is 0. The average molecular weight is 820 g/mol. The van der Waals surface area contributed by atoms with Crippen LogP contribution >= 0.6 is 11.3 Å². The zero-order valence-corrected chi connectivity index (χ0v) is 34.9. The average Bonchev–Trinajstić information content (AvgIpc) is 3.65. The van der Waals surface area contributed by atoms with Crippen molar-refractivity contribution in [2.45, 2.75) is 0 Å². The second-order valence-electron chi connectivity index (χ2n) is 16.4. The Balaban J connectivity index is 1.18. The van der Waals surface area contributed by atoms with E-state index in [4.69, 9.17) is 4.74 Å². The first-order valence-electron chi connectivity index (χ1n) is 21.5. The fourth-order valence-electron chi connectivity index (χ4n) is 10.0. The van der Waals surface area contributed by atoms with Gasteiger partial charge in [-0.3, -0.25) is 0 Å². The lowest BCUT2D eigenvalue weighted by molar-refractivity contribution is 0.488. The van der Waals surface area contributed by atoms with Gasteiger partial charge in [-0.2, -0.15) is 0 Å². The predicted molar refractivity (Wildman–Crippen MR) is 270 cm³/mol. The van der Waals surface area contributed by atoms with Crippen LogP contribution in [0, 0.1) is 0 Å². The number of rotatable bonds is 3. The Hall–Kier alpha value is -7.98. The van der Waals surface area contributed by atoms with Crippen molar-refractivity contribution in [1.29, 1.82) is 0 Å². The van der Waals surface area contributed by atoms with Crippen LogP contribution in [-0.2, 0) is 0 Å². The van der Waals surface area contributed by atoms with Gasteiger partial charge in [-0.05, 0) is 132 Å². The van der Waals surface area contributed by atoms with Gasteiger partial charge in [-0.25, -0.2) is 0 Å². The van der Waals surface area contributed by atoms with Gasteiger partial charge in [-0.15, -0.1) is 11.3 Å².